The van der Waals surface area contributed by atoms with Crippen LogP contribution in [0.25, 0.3) is 11.1 Å². The number of hydrogen-bond donors (Lipinski definition) is 2. The number of carboxylic acid groups (broad SMARTS) is 1. The van der Waals surface area contributed by atoms with E-state index in [1.165, 1.54) is 12.1 Å². The highest BCUT2D eigenvalue weighted by Crippen LogP contribution is 2.44. The van der Waals surface area contributed by atoms with E-state index in [4.69, 9.17) is 10.5 Å². The van der Waals surface area contributed by atoms with Crippen molar-refractivity contribution in [3.63, 3.8) is 0 Å². The summed E-state index contributed by atoms with van der Waals surface area (Å²) in [5, 5.41) is 9.62. The van der Waals surface area contributed by atoms with Gasteiger partial charge in [-0.15, -0.1) is 0 Å². The van der Waals surface area contributed by atoms with Crippen LogP contribution in [-0.4, -0.2) is 29.7 Å². The van der Waals surface area contributed by atoms with E-state index in [-0.39, 0.29) is 18.9 Å². The van der Waals surface area contributed by atoms with Crippen LogP contribution >= 0.6 is 0 Å². The quantitative estimate of drug-likeness (QED) is 0.389. The van der Waals surface area contributed by atoms with Crippen LogP contribution in [0.1, 0.15) is 28.2 Å². The second-order valence-corrected chi connectivity index (χ2v) is 8.24. The van der Waals surface area contributed by atoms with E-state index in [1.54, 1.807) is 0 Å². The number of nitrogens with two attached hydrogens (primary N) is 1. The van der Waals surface area contributed by atoms with Gasteiger partial charge in [0.25, 0.3) is 0 Å². The summed E-state index contributed by atoms with van der Waals surface area (Å²) in [7, 11) is 0. The molecule has 0 unspecified atom stereocenters. The number of alkyl halides is 3. The summed E-state index contributed by atoms with van der Waals surface area (Å²) in [6.07, 6.45) is -4.58. The van der Waals surface area contributed by atoms with Crippen LogP contribution in [-0.2, 0) is 26.9 Å². The first-order chi connectivity index (χ1) is 16.2. The fourth-order valence-electron chi connectivity index (χ4n) is 4.37. The highest BCUT2D eigenvalue weighted by Gasteiger charge is 2.36. The molecule has 0 heterocycles. The molecule has 1 aliphatic rings. The van der Waals surface area contributed by atoms with Crippen LogP contribution in [0, 0.1) is 5.92 Å². The van der Waals surface area contributed by atoms with Crippen molar-refractivity contribution in [3.05, 3.63) is 95.1 Å². The van der Waals surface area contributed by atoms with Crippen molar-refractivity contribution in [2.45, 2.75) is 24.6 Å². The van der Waals surface area contributed by atoms with Crippen LogP contribution in [0.4, 0.5) is 13.2 Å². The third-order valence-corrected chi connectivity index (χ3v) is 6.06. The highest BCUT2D eigenvalue weighted by atomic mass is 19.4. The lowest BCUT2D eigenvalue weighted by molar-refractivity contribution is -0.159. The van der Waals surface area contributed by atoms with E-state index in [2.05, 4.69) is 0 Å². The summed E-state index contributed by atoms with van der Waals surface area (Å²) in [6, 6.07) is 18.5. The topological polar surface area (TPSA) is 89.6 Å². The first-order valence-corrected chi connectivity index (χ1v) is 10.7. The van der Waals surface area contributed by atoms with E-state index >= 15 is 0 Å². The number of ether oxygens (including phenoxy) is 1. The minimum Gasteiger partial charge on any atom is -0.481 e. The van der Waals surface area contributed by atoms with Gasteiger partial charge in [-0.3, -0.25) is 9.59 Å². The molecule has 0 radical (unpaired) electrons. The summed E-state index contributed by atoms with van der Waals surface area (Å²) in [4.78, 5) is 24.6. The molecule has 3 aromatic carbocycles. The number of rotatable bonds is 7. The molecule has 0 fully saturated rings. The third kappa shape index (κ3) is 4.68. The Morgan fingerprint density at radius 3 is 1.94 bits per heavy atom. The maximum absolute atomic E-state index is 12.8. The maximum Gasteiger partial charge on any atom is 0.416 e. The average Bonchev–Trinajstić information content (AvgIpc) is 3.11. The van der Waals surface area contributed by atoms with Crippen molar-refractivity contribution >= 4 is 11.9 Å². The zero-order chi connectivity index (χ0) is 24.5. The van der Waals surface area contributed by atoms with Crippen molar-refractivity contribution in [2.75, 3.05) is 6.61 Å². The monoisotopic (exact) mass is 469 g/mol. The smallest absolute Gasteiger partial charge is 0.416 e. The second kappa shape index (κ2) is 9.30. The van der Waals surface area contributed by atoms with Crippen LogP contribution in [0.2, 0.25) is 0 Å². The van der Waals surface area contributed by atoms with Crippen molar-refractivity contribution < 1.29 is 32.6 Å². The summed E-state index contributed by atoms with van der Waals surface area (Å²) in [6.45, 7) is -0.0519. The molecule has 0 bridgehead atoms. The van der Waals surface area contributed by atoms with Crippen molar-refractivity contribution in [1.82, 2.24) is 0 Å². The summed E-state index contributed by atoms with van der Waals surface area (Å²) in [5.74, 6) is -4.32. The summed E-state index contributed by atoms with van der Waals surface area (Å²) < 4.78 is 43.7. The normalized spacial score (nSPS) is 14.7. The molecule has 176 valence electrons. The highest BCUT2D eigenvalue weighted by molar-refractivity contribution is 5.95. The second-order valence-electron chi connectivity index (χ2n) is 8.24. The number of halogens is 3. The molecule has 2 atom stereocenters. The molecule has 0 saturated heterocycles. The first-order valence-electron chi connectivity index (χ1n) is 10.7. The largest absolute Gasteiger partial charge is 0.481 e. The Morgan fingerprint density at radius 1 is 0.912 bits per heavy atom. The van der Waals surface area contributed by atoms with Crippen molar-refractivity contribution in [1.29, 1.82) is 0 Å². The van der Waals surface area contributed by atoms with Crippen molar-refractivity contribution in [3.8, 4) is 11.1 Å². The predicted molar refractivity (Wildman–Crippen MR) is 119 cm³/mol. The Balaban J connectivity index is 1.46. The van der Waals surface area contributed by atoms with Gasteiger partial charge in [0, 0.05) is 12.0 Å². The Hall–Kier alpha value is -3.65. The molecular formula is C26H22F3NO4. The molecule has 0 saturated carbocycles. The number of hydrogen-bond acceptors (Lipinski definition) is 4. The number of esters is 1. The van der Waals surface area contributed by atoms with Gasteiger partial charge in [0.05, 0.1) is 5.56 Å². The van der Waals surface area contributed by atoms with Crippen LogP contribution < -0.4 is 5.73 Å². The Bertz CT molecular complexity index is 1160. The standard InChI is InChI=1S/C26H22F3NO4/c27-26(28,29)16-11-9-15(10-12-16)13-22(30)23(24(31)32)25(33)34-14-21-19-7-3-1-5-17(19)18-6-2-4-8-20(18)21/h1-12,21-23H,13-14,30H2,(H,31,32)/t22-,23-/m0/s1. The lowest BCUT2D eigenvalue weighted by Gasteiger charge is -2.21. The summed E-state index contributed by atoms with van der Waals surface area (Å²) in [5.41, 5.74) is 9.61. The number of carboxylic acids is 1. The molecule has 34 heavy (non-hydrogen) atoms. The van der Waals surface area contributed by atoms with E-state index in [0.717, 1.165) is 34.4 Å². The van der Waals surface area contributed by atoms with Gasteiger partial charge in [-0.1, -0.05) is 60.7 Å². The van der Waals surface area contributed by atoms with Gasteiger partial charge in [-0.05, 0) is 46.4 Å². The van der Waals surface area contributed by atoms with Gasteiger partial charge in [0.2, 0.25) is 0 Å². The molecular weight excluding hydrogens is 447 g/mol. The molecule has 3 aromatic rings. The number of carbonyl (C=O) groups excluding carboxylic acids is 1. The number of aliphatic carboxylic acids is 1. The maximum atomic E-state index is 12.8. The molecule has 8 heteroatoms. The Kier molecular flexibility index (Phi) is 6.43. The van der Waals surface area contributed by atoms with Gasteiger partial charge in [-0.25, -0.2) is 0 Å². The van der Waals surface area contributed by atoms with Gasteiger partial charge in [-0.2, -0.15) is 13.2 Å². The summed E-state index contributed by atoms with van der Waals surface area (Å²) >= 11 is 0. The zero-order valence-corrected chi connectivity index (χ0v) is 18.0. The number of fused-ring (bicyclic) bond motifs is 3. The molecule has 5 nitrogen and oxygen atoms in total. The molecule has 4 rings (SSSR count). The van der Waals surface area contributed by atoms with Crippen molar-refractivity contribution in [2.24, 2.45) is 11.7 Å². The van der Waals surface area contributed by atoms with Gasteiger partial charge < -0.3 is 15.6 Å². The van der Waals surface area contributed by atoms with E-state index in [0.29, 0.717) is 5.56 Å². The van der Waals surface area contributed by atoms with E-state index in [9.17, 15) is 27.9 Å². The number of benzene rings is 3. The fraction of sp³-hybridized carbons (Fsp3) is 0.231. The van der Waals surface area contributed by atoms with Crippen LogP contribution in [0.3, 0.4) is 0 Å². The molecule has 0 amide bonds. The molecule has 0 aromatic heterocycles. The zero-order valence-electron chi connectivity index (χ0n) is 18.0. The minimum atomic E-state index is -4.48. The molecule has 3 N–H and O–H groups in total. The lowest BCUT2D eigenvalue weighted by atomic mass is 9.93. The molecule has 0 aliphatic heterocycles. The van der Waals surface area contributed by atoms with Gasteiger partial charge in [0.15, 0.2) is 5.92 Å². The number of carbonyl (C=O) groups is 2. The average molecular weight is 469 g/mol. The van der Waals surface area contributed by atoms with E-state index in [1.807, 2.05) is 48.5 Å². The van der Waals surface area contributed by atoms with E-state index < -0.39 is 35.6 Å². The van der Waals surface area contributed by atoms with Gasteiger partial charge >= 0.3 is 18.1 Å². The fourth-order valence-corrected chi connectivity index (χ4v) is 4.37. The third-order valence-electron chi connectivity index (χ3n) is 6.06. The Morgan fingerprint density at radius 2 is 1.44 bits per heavy atom. The predicted octanol–water partition coefficient (Wildman–Crippen LogP) is 4.63. The lowest BCUT2D eigenvalue weighted by Crippen LogP contribution is -2.43. The Labute approximate surface area is 194 Å². The van der Waals surface area contributed by atoms with Gasteiger partial charge in [0.1, 0.15) is 6.61 Å². The minimum absolute atomic E-state index is 0.0519. The van der Waals surface area contributed by atoms with Crippen LogP contribution in [0.15, 0.2) is 72.8 Å². The SMILES string of the molecule is N[C@@H](Cc1ccc(C(F)(F)F)cc1)[C@@H](C(=O)O)C(=O)OCC1c2ccccc2-c2ccccc21. The molecule has 1 aliphatic carbocycles. The molecule has 0 spiro atoms. The van der Waals surface area contributed by atoms with Crippen LogP contribution in [0.5, 0.6) is 0 Å². The first kappa shape index (κ1) is 23.5.